The number of nitrogens with zero attached hydrogens (tertiary/aromatic N) is 3. The van der Waals surface area contributed by atoms with Crippen LogP contribution in [0.25, 0.3) is 0 Å². The molecule has 0 aromatic carbocycles. The van der Waals surface area contributed by atoms with Gasteiger partial charge in [0.05, 0.1) is 12.0 Å². The van der Waals surface area contributed by atoms with E-state index in [1.165, 1.54) is 12.0 Å². The van der Waals surface area contributed by atoms with Crippen LogP contribution in [0.5, 0.6) is 0 Å². The van der Waals surface area contributed by atoms with E-state index in [1.807, 2.05) is 6.33 Å². The predicted molar refractivity (Wildman–Crippen MR) is 64.9 cm³/mol. The first-order valence-electron chi connectivity index (χ1n) is 5.86. The van der Waals surface area contributed by atoms with Crippen molar-refractivity contribution in [1.29, 1.82) is 0 Å². The van der Waals surface area contributed by atoms with Crippen LogP contribution in [0.1, 0.15) is 19.0 Å². The van der Waals surface area contributed by atoms with E-state index in [9.17, 15) is 0 Å². The quantitative estimate of drug-likeness (QED) is 0.770. The monoisotopic (exact) mass is 220 g/mol. The fourth-order valence-corrected chi connectivity index (χ4v) is 1.94. The summed E-state index contributed by atoms with van der Waals surface area (Å²) in [5.74, 6) is 0. The van der Waals surface area contributed by atoms with E-state index in [1.54, 1.807) is 0 Å². The van der Waals surface area contributed by atoms with Gasteiger partial charge in [0.15, 0.2) is 0 Å². The van der Waals surface area contributed by atoms with Crippen molar-refractivity contribution in [1.82, 2.24) is 14.5 Å². The zero-order valence-electron chi connectivity index (χ0n) is 9.89. The van der Waals surface area contributed by atoms with Crippen molar-refractivity contribution in [3.63, 3.8) is 0 Å². The van der Waals surface area contributed by atoms with Crippen LogP contribution in [-0.2, 0) is 13.1 Å². The first kappa shape index (κ1) is 11.4. The molecule has 2 heterocycles. The van der Waals surface area contributed by atoms with Crippen molar-refractivity contribution in [2.24, 2.45) is 5.73 Å². The molecule has 0 aliphatic carbocycles. The Hall–Kier alpha value is -1.13. The Kier molecular flexibility index (Phi) is 3.74. The molecular weight excluding hydrogens is 200 g/mol. The smallest absolute Gasteiger partial charge is 0.0950 e. The SMILES string of the molecule is CC1=CCN(Cc2cn(CCN)cn2)CC1. The molecule has 0 amide bonds. The van der Waals surface area contributed by atoms with Gasteiger partial charge in [-0.25, -0.2) is 4.98 Å². The van der Waals surface area contributed by atoms with Crippen LogP contribution in [0.3, 0.4) is 0 Å². The molecule has 1 aromatic rings. The average Bonchev–Trinajstić information content (AvgIpc) is 2.70. The van der Waals surface area contributed by atoms with E-state index in [0.29, 0.717) is 6.54 Å². The van der Waals surface area contributed by atoms with E-state index in [2.05, 4.69) is 33.6 Å². The Morgan fingerprint density at radius 1 is 1.50 bits per heavy atom. The number of hydrogen-bond donors (Lipinski definition) is 1. The Balaban J connectivity index is 1.89. The van der Waals surface area contributed by atoms with Gasteiger partial charge in [0.2, 0.25) is 0 Å². The second kappa shape index (κ2) is 5.27. The van der Waals surface area contributed by atoms with Gasteiger partial charge in [0, 0.05) is 38.9 Å². The molecule has 0 saturated heterocycles. The third-order valence-corrected chi connectivity index (χ3v) is 2.98. The summed E-state index contributed by atoms with van der Waals surface area (Å²) in [4.78, 5) is 6.81. The molecule has 1 aliphatic heterocycles. The van der Waals surface area contributed by atoms with Crippen LogP contribution in [0, 0.1) is 0 Å². The molecule has 0 unspecified atom stereocenters. The zero-order valence-corrected chi connectivity index (χ0v) is 9.89. The lowest BCUT2D eigenvalue weighted by molar-refractivity contribution is 0.283. The number of hydrogen-bond acceptors (Lipinski definition) is 3. The fraction of sp³-hybridized carbons (Fsp3) is 0.583. The van der Waals surface area contributed by atoms with E-state index in [-0.39, 0.29) is 0 Å². The second-order valence-corrected chi connectivity index (χ2v) is 4.43. The van der Waals surface area contributed by atoms with Crippen molar-refractivity contribution < 1.29 is 0 Å². The van der Waals surface area contributed by atoms with E-state index < -0.39 is 0 Å². The molecule has 4 heteroatoms. The summed E-state index contributed by atoms with van der Waals surface area (Å²) >= 11 is 0. The lowest BCUT2D eigenvalue weighted by Crippen LogP contribution is -2.28. The largest absolute Gasteiger partial charge is 0.336 e. The Labute approximate surface area is 96.8 Å². The highest BCUT2D eigenvalue weighted by atomic mass is 15.1. The highest BCUT2D eigenvalue weighted by Crippen LogP contribution is 2.12. The van der Waals surface area contributed by atoms with E-state index in [4.69, 9.17) is 5.73 Å². The maximum Gasteiger partial charge on any atom is 0.0950 e. The summed E-state index contributed by atoms with van der Waals surface area (Å²) in [6, 6.07) is 0. The summed E-state index contributed by atoms with van der Waals surface area (Å²) in [5, 5.41) is 0. The molecule has 4 nitrogen and oxygen atoms in total. The topological polar surface area (TPSA) is 47.1 Å². The number of rotatable bonds is 4. The Bertz CT molecular complexity index is 367. The third kappa shape index (κ3) is 2.93. The summed E-state index contributed by atoms with van der Waals surface area (Å²) in [6.45, 7) is 6.86. The molecule has 2 N–H and O–H groups in total. The van der Waals surface area contributed by atoms with Gasteiger partial charge in [-0.3, -0.25) is 4.90 Å². The van der Waals surface area contributed by atoms with Crippen molar-refractivity contribution >= 4 is 0 Å². The molecule has 0 bridgehead atoms. The van der Waals surface area contributed by atoms with Gasteiger partial charge < -0.3 is 10.3 Å². The van der Waals surface area contributed by atoms with E-state index >= 15 is 0 Å². The minimum Gasteiger partial charge on any atom is -0.336 e. The second-order valence-electron chi connectivity index (χ2n) is 4.43. The minimum atomic E-state index is 0.668. The molecule has 2 rings (SSSR count). The molecule has 88 valence electrons. The molecule has 0 fully saturated rings. The lowest BCUT2D eigenvalue weighted by atomic mass is 10.1. The van der Waals surface area contributed by atoms with Crippen LogP contribution < -0.4 is 5.73 Å². The van der Waals surface area contributed by atoms with Crippen molar-refractivity contribution in [3.05, 3.63) is 29.9 Å². The summed E-state index contributed by atoms with van der Waals surface area (Å²) in [6.07, 6.45) is 7.45. The number of nitrogens with two attached hydrogens (primary N) is 1. The summed E-state index contributed by atoms with van der Waals surface area (Å²) < 4.78 is 2.06. The molecule has 16 heavy (non-hydrogen) atoms. The molecule has 1 aliphatic rings. The molecule has 0 saturated carbocycles. The van der Waals surface area contributed by atoms with Gasteiger partial charge in [-0.15, -0.1) is 0 Å². The van der Waals surface area contributed by atoms with Gasteiger partial charge >= 0.3 is 0 Å². The summed E-state index contributed by atoms with van der Waals surface area (Å²) in [5.41, 5.74) is 8.15. The minimum absolute atomic E-state index is 0.668. The standard InChI is InChI=1S/C12H20N4/c1-11-2-5-15(6-3-11)8-12-9-16(7-4-13)10-14-12/h2,9-10H,3-8,13H2,1H3. The van der Waals surface area contributed by atoms with Crippen LogP contribution in [0.2, 0.25) is 0 Å². The highest BCUT2D eigenvalue weighted by Gasteiger charge is 2.10. The first-order chi connectivity index (χ1) is 7.78. The molecule has 0 radical (unpaired) electrons. The average molecular weight is 220 g/mol. The predicted octanol–water partition coefficient (Wildman–Crippen LogP) is 0.994. The van der Waals surface area contributed by atoms with E-state index in [0.717, 1.165) is 31.9 Å². The zero-order chi connectivity index (χ0) is 11.4. The van der Waals surface area contributed by atoms with Gasteiger partial charge in [-0.2, -0.15) is 0 Å². The maximum absolute atomic E-state index is 5.50. The van der Waals surface area contributed by atoms with Crippen molar-refractivity contribution in [2.75, 3.05) is 19.6 Å². The van der Waals surface area contributed by atoms with Crippen molar-refractivity contribution in [2.45, 2.75) is 26.4 Å². The van der Waals surface area contributed by atoms with Gasteiger partial charge in [0.25, 0.3) is 0 Å². The Morgan fingerprint density at radius 2 is 2.38 bits per heavy atom. The highest BCUT2D eigenvalue weighted by molar-refractivity contribution is 5.05. The number of imidazole rings is 1. The van der Waals surface area contributed by atoms with Crippen LogP contribution in [-0.4, -0.2) is 34.1 Å². The van der Waals surface area contributed by atoms with Crippen molar-refractivity contribution in [3.8, 4) is 0 Å². The van der Waals surface area contributed by atoms with Crippen LogP contribution in [0.4, 0.5) is 0 Å². The normalized spacial score (nSPS) is 17.5. The first-order valence-corrected chi connectivity index (χ1v) is 5.86. The third-order valence-electron chi connectivity index (χ3n) is 2.98. The van der Waals surface area contributed by atoms with Crippen LogP contribution >= 0.6 is 0 Å². The molecule has 0 spiro atoms. The van der Waals surface area contributed by atoms with Crippen LogP contribution in [0.15, 0.2) is 24.2 Å². The molecule has 0 atom stereocenters. The van der Waals surface area contributed by atoms with Gasteiger partial charge in [-0.1, -0.05) is 11.6 Å². The maximum atomic E-state index is 5.50. The van der Waals surface area contributed by atoms with Gasteiger partial charge in [0.1, 0.15) is 0 Å². The molecular formula is C12H20N4. The van der Waals surface area contributed by atoms with Gasteiger partial charge in [-0.05, 0) is 13.3 Å². The fourth-order valence-electron chi connectivity index (χ4n) is 1.94. The number of aromatic nitrogens is 2. The Morgan fingerprint density at radius 3 is 3.06 bits per heavy atom. The lowest BCUT2D eigenvalue weighted by Gasteiger charge is -2.24. The molecule has 1 aromatic heterocycles. The summed E-state index contributed by atoms with van der Waals surface area (Å²) in [7, 11) is 0.